The summed E-state index contributed by atoms with van der Waals surface area (Å²) in [7, 11) is 0. The number of amides is 3. The molecule has 3 aliphatic rings. The van der Waals surface area contributed by atoms with E-state index in [-0.39, 0.29) is 38.3 Å². The van der Waals surface area contributed by atoms with Crippen molar-refractivity contribution in [1.29, 1.82) is 0 Å². The van der Waals surface area contributed by atoms with Crippen LogP contribution in [0.2, 0.25) is 10.0 Å². The third-order valence-electron chi connectivity index (χ3n) is 6.30. The molecule has 0 unspecified atom stereocenters. The Morgan fingerprint density at radius 3 is 2.26 bits per heavy atom. The van der Waals surface area contributed by atoms with Gasteiger partial charge in [0.2, 0.25) is 11.8 Å². The lowest BCUT2D eigenvalue weighted by Crippen LogP contribution is -2.45. The van der Waals surface area contributed by atoms with Crippen LogP contribution in [0.15, 0.2) is 18.2 Å². The molecule has 0 radical (unpaired) electrons. The number of nitrogens with one attached hydrogen (secondary N) is 1. The summed E-state index contributed by atoms with van der Waals surface area (Å²) < 4.78 is 5.06. The van der Waals surface area contributed by atoms with Gasteiger partial charge in [0.05, 0.1) is 21.9 Å². The van der Waals surface area contributed by atoms with Crippen LogP contribution in [0.1, 0.15) is 13.3 Å². The van der Waals surface area contributed by atoms with E-state index >= 15 is 0 Å². The Balaban J connectivity index is 1.36. The summed E-state index contributed by atoms with van der Waals surface area (Å²) in [6, 6.07) is 3.44. The number of alkyl halides is 2. The zero-order valence-corrected chi connectivity index (χ0v) is 20.9. The first-order valence-electron chi connectivity index (χ1n) is 9.68. The van der Waals surface area contributed by atoms with Gasteiger partial charge in [0, 0.05) is 15.3 Å². The number of nitrogens with zero attached hydrogens (tertiary/aromatic N) is 1. The van der Waals surface area contributed by atoms with Gasteiger partial charge < -0.3 is 10.1 Å². The highest BCUT2D eigenvalue weighted by molar-refractivity contribution is 9.12. The van der Waals surface area contributed by atoms with E-state index in [1.165, 1.54) is 19.1 Å². The fourth-order valence-corrected chi connectivity index (χ4v) is 7.06. The second-order valence-corrected chi connectivity index (χ2v) is 10.9. The van der Waals surface area contributed by atoms with Gasteiger partial charge in [-0.1, -0.05) is 55.1 Å². The predicted octanol–water partition coefficient (Wildman–Crippen LogP) is 3.64. The molecule has 4 rings (SSSR count). The maximum Gasteiger partial charge on any atom is 0.329 e. The lowest BCUT2D eigenvalue weighted by molar-refractivity contribution is -0.159. The molecule has 11 heteroatoms. The number of benzene rings is 1. The molecule has 2 saturated carbocycles. The third kappa shape index (κ3) is 3.92. The molecule has 1 aromatic carbocycles. The molecular formula is C20H18Br2Cl2N2O5. The Morgan fingerprint density at radius 1 is 1.13 bits per heavy atom. The summed E-state index contributed by atoms with van der Waals surface area (Å²) in [5.41, 5.74) is 0.394. The first-order valence-corrected chi connectivity index (χ1v) is 12.3. The van der Waals surface area contributed by atoms with Crippen molar-refractivity contribution in [3.63, 3.8) is 0 Å². The van der Waals surface area contributed by atoms with Gasteiger partial charge in [-0.05, 0) is 43.4 Å². The van der Waals surface area contributed by atoms with Crippen molar-refractivity contribution < 1.29 is 23.9 Å². The van der Waals surface area contributed by atoms with Crippen molar-refractivity contribution >= 4 is 84.4 Å². The average molecular weight is 597 g/mol. The van der Waals surface area contributed by atoms with Crippen LogP contribution >= 0.6 is 55.1 Å². The normalized spacial score (nSPS) is 32.2. The van der Waals surface area contributed by atoms with Gasteiger partial charge in [0.15, 0.2) is 6.61 Å². The molecular weight excluding hydrogens is 579 g/mol. The number of anilines is 1. The van der Waals surface area contributed by atoms with Crippen molar-refractivity contribution in [3.8, 4) is 0 Å². The van der Waals surface area contributed by atoms with E-state index < -0.39 is 36.4 Å². The molecule has 1 heterocycles. The van der Waals surface area contributed by atoms with Crippen molar-refractivity contribution in [3.05, 3.63) is 28.2 Å². The largest absolute Gasteiger partial charge is 0.454 e. The highest BCUT2D eigenvalue weighted by atomic mass is 79.9. The lowest BCUT2D eigenvalue weighted by atomic mass is 9.81. The van der Waals surface area contributed by atoms with Crippen LogP contribution in [0.4, 0.5) is 5.69 Å². The molecule has 7 nitrogen and oxygen atoms in total. The third-order valence-corrected chi connectivity index (χ3v) is 10.2. The second kappa shape index (κ2) is 8.65. The van der Waals surface area contributed by atoms with Crippen LogP contribution in [0.5, 0.6) is 0 Å². The van der Waals surface area contributed by atoms with E-state index in [4.69, 9.17) is 27.9 Å². The molecule has 3 amide bonds. The van der Waals surface area contributed by atoms with Gasteiger partial charge in [-0.25, -0.2) is 4.79 Å². The molecule has 0 aromatic heterocycles. The average Bonchev–Trinajstić information content (AvgIpc) is 3.33. The van der Waals surface area contributed by atoms with Crippen molar-refractivity contribution in [2.24, 2.45) is 23.7 Å². The molecule has 166 valence electrons. The maximum absolute atomic E-state index is 13.0. The predicted molar refractivity (Wildman–Crippen MR) is 121 cm³/mol. The monoisotopic (exact) mass is 594 g/mol. The summed E-state index contributed by atoms with van der Waals surface area (Å²) >= 11 is 19.0. The standard InChI is InChI=1S/C20H18Br2Cl2N2O5/c1-7(20(30)31-6-13(27)25-8-2-3-11(23)12(24)4-8)26-18(28)14-9-5-10(15(14)19(26)29)17(22)16(9)21/h2-4,7,9-10,14-17H,5-6H2,1H3,(H,25,27)/t7-,9-,10-,14-,15+,16+,17+/m1/s1. The highest BCUT2D eigenvalue weighted by Crippen LogP contribution is 2.60. The number of halogens is 4. The van der Waals surface area contributed by atoms with E-state index in [1.807, 2.05) is 0 Å². The zero-order chi connectivity index (χ0) is 22.6. The minimum absolute atomic E-state index is 0.0565. The van der Waals surface area contributed by atoms with Gasteiger partial charge >= 0.3 is 5.97 Å². The van der Waals surface area contributed by atoms with Crippen LogP contribution in [-0.4, -0.2) is 50.9 Å². The van der Waals surface area contributed by atoms with E-state index in [0.29, 0.717) is 10.7 Å². The topological polar surface area (TPSA) is 92.8 Å². The van der Waals surface area contributed by atoms with Gasteiger partial charge in [-0.3, -0.25) is 19.3 Å². The molecule has 3 fully saturated rings. The first kappa shape index (κ1) is 23.0. The Bertz CT molecular complexity index is 945. The molecule has 0 spiro atoms. The number of imide groups is 1. The van der Waals surface area contributed by atoms with Crippen molar-refractivity contribution in [1.82, 2.24) is 4.90 Å². The highest BCUT2D eigenvalue weighted by Gasteiger charge is 2.67. The SMILES string of the molecule is C[C@H](C(=O)OCC(=O)Nc1ccc(Cl)c(Cl)c1)N1C(=O)[C@@H]2[C@H]3C[C@@H]([C@H](Br)[C@H]3Br)[C@@H]2C1=O. The number of hydrogen-bond donors (Lipinski definition) is 1. The first-order chi connectivity index (χ1) is 14.6. The van der Waals surface area contributed by atoms with Gasteiger partial charge in [0.1, 0.15) is 6.04 Å². The Kier molecular flexibility index (Phi) is 6.42. The summed E-state index contributed by atoms with van der Waals surface area (Å²) in [6.07, 6.45) is 0.806. The van der Waals surface area contributed by atoms with Crippen LogP contribution in [0.3, 0.4) is 0 Å². The van der Waals surface area contributed by atoms with E-state index in [0.717, 1.165) is 11.3 Å². The summed E-state index contributed by atoms with van der Waals surface area (Å²) in [5, 5.41) is 3.15. The smallest absolute Gasteiger partial charge is 0.329 e. The molecule has 1 N–H and O–H groups in total. The van der Waals surface area contributed by atoms with Crippen molar-refractivity contribution in [2.45, 2.75) is 29.0 Å². The van der Waals surface area contributed by atoms with Crippen LogP contribution in [-0.2, 0) is 23.9 Å². The van der Waals surface area contributed by atoms with Crippen LogP contribution in [0.25, 0.3) is 0 Å². The molecule has 2 bridgehead atoms. The number of ether oxygens (including phenoxy) is 1. The fourth-order valence-electron chi connectivity index (χ4n) is 4.89. The lowest BCUT2D eigenvalue weighted by Gasteiger charge is -2.28. The molecule has 1 saturated heterocycles. The number of fused-ring (bicyclic) bond motifs is 5. The minimum Gasteiger partial charge on any atom is -0.454 e. The number of esters is 1. The number of hydrogen-bond acceptors (Lipinski definition) is 5. The molecule has 1 aliphatic heterocycles. The van der Waals surface area contributed by atoms with Gasteiger partial charge in [-0.15, -0.1) is 0 Å². The molecule has 2 aliphatic carbocycles. The van der Waals surface area contributed by atoms with Crippen LogP contribution in [0, 0.1) is 23.7 Å². The summed E-state index contributed by atoms with van der Waals surface area (Å²) in [6.45, 7) is 0.875. The Morgan fingerprint density at radius 2 is 1.71 bits per heavy atom. The minimum atomic E-state index is -1.11. The number of carbonyl (C=O) groups excluding carboxylic acids is 4. The summed E-state index contributed by atoms with van der Waals surface area (Å²) in [5.74, 6) is -2.79. The fraction of sp³-hybridized carbons (Fsp3) is 0.500. The number of likely N-dealkylation sites (tertiary alicyclic amines) is 1. The number of rotatable bonds is 5. The quantitative estimate of drug-likeness (QED) is 0.318. The van der Waals surface area contributed by atoms with Gasteiger partial charge in [0.25, 0.3) is 5.91 Å². The number of carbonyl (C=O) groups is 4. The molecule has 1 aromatic rings. The zero-order valence-electron chi connectivity index (χ0n) is 16.2. The Labute approximate surface area is 205 Å². The maximum atomic E-state index is 13.0. The molecule has 31 heavy (non-hydrogen) atoms. The second-order valence-electron chi connectivity index (χ2n) is 8.01. The molecule has 7 atom stereocenters. The summed E-state index contributed by atoms with van der Waals surface area (Å²) in [4.78, 5) is 51.8. The van der Waals surface area contributed by atoms with E-state index in [9.17, 15) is 19.2 Å². The van der Waals surface area contributed by atoms with Gasteiger partial charge in [-0.2, -0.15) is 0 Å². The Hall–Kier alpha value is -1.16. The van der Waals surface area contributed by atoms with Crippen molar-refractivity contribution in [2.75, 3.05) is 11.9 Å². The van der Waals surface area contributed by atoms with Crippen LogP contribution < -0.4 is 5.32 Å². The van der Waals surface area contributed by atoms with E-state index in [2.05, 4.69) is 37.2 Å². The van der Waals surface area contributed by atoms with E-state index in [1.54, 1.807) is 6.07 Å².